The Labute approximate surface area is 62.0 Å². The molecule has 11 heavy (non-hydrogen) atoms. The second kappa shape index (κ2) is 2.53. The van der Waals surface area contributed by atoms with E-state index in [0.717, 1.165) is 13.0 Å². The Morgan fingerprint density at radius 3 is 2.55 bits per heavy atom. The van der Waals surface area contributed by atoms with E-state index in [2.05, 4.69) is 4.74 Å². The summed E-state index contributed by atoms with van der Waals surface area (Å²) in [4.78, 5) is 31.4. The molecule has 5 heteroatoms. The van der Waals surface area contributed by atoms with E-state index >= 15 is 0 Å². The van der Waals surface area contributed by atoms with Crippen molar-refractivity contribution >= 4 is 17.8 Å². The topological polar surface area (TPSA) is 72.5 Å². The van der Waals surface area contributed by atoms with Gasteiger partial charge in [0.2, 0.25) is 5.76 Å². The molecule has 0 unspecified atom stereocenters. The number of hydrogen-bond donors (Lipinski definition) is 1. The van der Waals surface area contributed by atoms with Crippen LogP contribution in [-0.2, 0) is 19.1 Å². The first-order valence-electron chi connectivity index (χ1n) is 2.85. The maximum Gasteiger partial charge on any atom is 0.308 e. The van der Waals surface area contributed by atoms with Crippen molar-refractivity contribution in [3.05, 3.63) is 11.8 Å². The van der Waals surface area contributed by atoms with Gasteiger partial charge >= 0.3 is 5.97 Å². The molecule has 0 aliphatic carbocycles. The van der Waals surface area contributed by atoms with E-state index in [0.29, 0.717) is 0 Å². The number of hydrogen-bond acceptors (Lipinski definition) is 4. The maximum absolute atomic E-state index is 10.6. The van der Waals surface area contributed by atoms with Crippen LogP contribution in [0.4, 0.5) is 0 Å². The van der Waals surface area contributed by atoms with Crippen molar-refractivity contribution in [1.29, 1.82) is 0 Å². The van der Waals surface area contributed by atoms with Crippen molar-refractivity contribution in [2.24, 2.45) is 0 Å². The minimum Gasteiger partial charge on any atom is -0.421 e. The SMILES string of the molecule is CC(=O)OC1=CC(=O)NC1=O. The summed E-state index contributed by atoms with van der Waals surface area (Å²) in [7, 11) is 0. The smallest absolute Gasteiger partial charge is 0.308 e. The number of ether oxygens (including phenoxy) is 1. The molecule has 0 aromatic rings. The van der Waals surface area contributed by atoms with Crippen molar-refractivity contribution in [3.63, 3.8) is 0 Å². The lowest BCUT2D eigenvalue weighted by atomic mass is 10.5. The number of esters is 1. The molecule has 0 atom stereocenters. The summed E-state index contributed by atoms with van der Waals surface area (Å²) < 4.78 is 4.38. The fourth-order valence-corrected chi connectivity index (χ4v) is 0.625. The Morgan fingerprint density at radius 1 is 1.55 bits per heavy atom. The fraction of sp³-hybridized carbons (Fsp3) is 0.167. The molecule has 2 amide bonds. The zero-order chi connectivity index (χ0) is 8.43. The number of amides is 2. The van der Waals surface area contributed by atoms with E-state index in [-0.39, 0.29) is 5.76 Å². The Kier molecular flexibility index (Phi) is 1.72. The number of nitrogens with one attached hydrogen (secondary N) is 1. The highest BCUT2D eigenvalue weighted by molar-refractivity contribution is 6.15. The van der Waals surface area contributed by atoms with Crippen LogP contribution in [0.25, 0.3) is 0 Å². The molecule has 0 bridgehead atoms. The van der Waals surface area contributed by atoms with Gasteiger partial charge in [-0.3, -0.25) is 19.7 Å². The van der Waals surface area contributed by atoms with Gasteiger partial charge in [0.05, 0.1) is 6.08 Å². The number of rotatable bonds is 1. The lowest BCUT2D eigenvalue weighted by Gasteiger charge is -1.96. The van der Waals surface area contributed by atoms with Crippen molar-refractivity contribution in [1.82, 2.24) is 5.32 Å². The van der Waals surface area contributed by atoms with Gasteiger partial charge < -0.3 is 4.74 Å². The molecule has 58 valence electrons. The Balaban J connectivity index is 2.72. The highest BCUT2D eigenvalue weighted by atomic mass is 16.5. The standard InChI is InChI=1S/C6H5NO4/c1-3(8)11-4-2-5(9)7-6(4)10/h2H,1H3,(H,7,9,10). The molecule has 0 spiro atoms. The highest BCUT2D eigenvalue weighted by Crippen LogP contribution is 2.03. The Bertz CT molecular complexity index is 266. The summed E-state index contributed by atoms with van der Waals surface area (Å²) in [6.07, 6.45) is 0.934. The van der Waals surface area contributed by atoms with E-state index in [1.54, 1.807) is 0 Å². The van der Waals surface area contributed by atoms with Crippen molar-refractivity contribution in [2.45, 2.75) is 6.92 Å². The molecule has 0 saturated carbocycles. The summed E-state index contributed by atoms with van der Waals surface area (Å²) >= 11 is 0. The van der Waals surface area contributed by atoms with Crippen LogP contribution >= 0.6 is 0 Å². The van der Waals surface area contributed by atoms with E-state index in [1.165, 1.54) is 0 Å². The third kappa shape index (κ3) is 1.64. The fourth-order valence-electron chi connectivity index (χ4n) is 0.625. The molecule has 1 rings (SSSR count). The first kappa shape index (κ1) is 7.46. The Morgan fingerprint density at radius 2 is 2.18 bits per heavy atom. The van der Waals surface area contributed by atoms with Gasteiger partial charge in [0.25, 0.3) is 11.8 Å². The minimum atomic E-state index is -0.676. The zero-order valence-corrected chi connectivity index (χ0v) is 5.71. The van der Waals surface area contributed by atoms with E-state index in [4.69, 9.17) is 0 Å². The first-order chi connectivity index (χ1) is 5.09. The maximum atomic E-state index is 10.6. The average Bonchev–Trinajstić information content (AvgIpc) is 2.09. The lowest BCUT2D eigenvalue weighted by molar-refractivity contribution is -0.140. The molecule has 1 aliphatic heterocycles. The number of carbonyl (C=O) groups is 3. The number of carbonyl (C=O) groups excluding carboxylic acids is 3. The van der Waals surface area contributed by atoms with Gasteiger partial charge in [0.15, 0.2) is 0 Å². The zero-order valence-electron chi connectivity index (χ0n) is 5.71. The van der Waals surface area contributed by atoms with Crippen LogP contribution in [0.5, 0.6) is 0 Å². The molecule has 1 heterocycles. The van der Waals surface area contributed by atoms with E-state index < -0.39 is 17.8 Å². The van der Waals surface area contributed by atoms with E-state index in [1.807, 2.05) is 5.32 Å². The van der Waals surface area contributed by atoms with Crippen LogP contribution in [0.3, 0.4) is 0 Å². The van der Waals surface area contributed by atoms with Crippen LogP contribution in [0, 0.1) is 0 Å². The predicted molar refractivity (Wildman–Crippen MR) is 33.0 cm³/mol. The molecular weight excluding hydrogens is 150 g/mol. The van der Waals surface area contributed by atoms with Gasteiger partial charge in [-0.25, -0.2) is 0 Å². The van der Waals surface area contributed by atoms with Crippen molar-refractivity contribution in [2.75, 3.05) is 0 Å². The minimum absolute atomic E-state index is 0.248. The van der Waals surface area contributed by atoms with Gasteiger partial charge in [-0.15, -0.1) is 0 Å². The first-order valence-corrected chi connectivity index (χ1v) is 2.85. The molecular formula is C6H5NO4. The van der Waals surface area contributed by atoms with Crippen LogP contribution in [0.2, 0.25) is 0 Å². The summed E-state index contributed by atoms with van der Waals surface area (Å²) in [5.74, 6) is -2.11. The van der Waals surface area contributed by atoms with Crippen LogP contribution in [0.1, 0.15) is 6.92 Å². The lowest BCUT2D eigenvalue weighted by Crippen LogP contribution is -2.23. The van der Waals surface area contributed by atoms with E-state index in [9.17, 15) is 14.4 Å². The molecule has 1 N–H and O–H groups in total. The summed E-state index contributed by atoms with van der Waals surface area (Å²) in [6, 6.07) is 0. The summed E-state index contributed by atoms with van der Waals surface area (Å²) in [5, 5.41) is 1.92. The largest absolute Gasteiger partial charge is 0.421 e. The molecule has 0 radical (unpaired) electrons. The van der Waals surface area contributed by atoms with Gasteiger partial charge in [0, 0.05) is 6.92 Å². The van der Waals surface area contributed by atoms with Gasteiger partial charge in [-0.05, 0) is 0 Å². The average molecular weight is 155 g/mol. The quantitative estimate of drug-likeness (QED) is 0.393. The second-order valence-electron chi connectivity index (χ2n) is 1.92. The van der Waals surface area contributed by atoms with Crippen molar-refractivity contribution in [3.8, 4) is 0 Å². The highest BCUT2D eigenvalue weighted by Gasteiger charge is 2.23. The molecule has 5 nitrogen and oxygen atoms in total. The monoisotopic (exact) mass is 155 g/mol. The van der Waals surface area contributed by atoms with Crippen LogP contribution in [-0.4, -0.2) is 17.8 Å². The third-order valence-electron chi connectivity index (χ3n) is 0.976. The Hall–Kier alpha value is -1.65. The van der Waals surface area contributed by atoms with Crippen molar-refractivity contribution < 1.29 is 19.1 Å². The summed E-state index contributed by atoms with van der Waals surface area (Å²) in [6.45, 7) is 1.15. The van der Waals surface area contributed by atoms with Crippen LogP contribution < -0.4 is 5.32 Å². The second-order valence-corrected chi connectivity index (χ2v) is 1.92. The molecule has 0 aromatic carbocycles. The molecule has 1 aliphatic rings. The predicted octanol–water partition coefficient (Wildman–Crippen LogP) is -0.910. The normalized spacial score (nSPS) is 15.9. The van der Waals surface area contributed by atoms with Gasteiger partial charge in [0.1, 0.15) is 0 Å². The van der Waals surface area contributed by atoms with Crippen LogP contribution in [0.15, 0.2) is 11.8 Å². The third-order valence-corrected chi connectivity index (χ3v) is 0.976. The molecule has 0 saturated heterocycles. The van der Waals surface area contributed by atoms with Gasteiger partial charge in [-0.1, -0.05) is 0 Å². The molecule has 0 fully saturated rings. The summed E-state index contributed by atoms with van der Waals surface area (Å²) in [5.41, 5.74) is 0. The molecule has 0 aromatic heterocycles. The number of imide groups is 1. The van der Waals surface area contributed by atoms with Gasteiger partial charge in [-0.2, -0.15) is 0 Å².